The normalized spacial score (nSPS) is 11.8. The van der Waals surface area contributed by atoms with Gasteiger partial charge in [-0.25, -0.2) is 8.42 Å². The highest BCUT2D eigenvalue weighted by Crippen LogP contribution is 2.24. The highest BCUT2D eigenvalue weighted by Gasteiger charge is 2.08. The highest BCUT2D eigenvalue weighted by molar-refractivity contribution is 7.95. The van der Waals surface area contributed by atoms with E-state index in [4.69, 9.17) is 23.2 Å². The summed E-state index contributed by atoms with van der Waals surface area (Å²) in [6.07, 6.45) is 1.49. The largest absolute Gasteiger partial charge is 0.279 e. The van der Waals surface area contributed by atoms with E-state index < -0.39 is 10.0 Å². The van der Waals surface area contributed by atoms with Crippen LogP contribution in [0.5, 0.6) is 0 Å². The molecule has 2 aromatic rings. The van der Waals surface area contributed by atoms with Crippen molar-refractivity contribution in [1.29, 1.82) is 0 Å². The third-order valence-corrected chi connectivity index (χ3v) is 4.25. The topological polar surface area (TPSA) is 46.2 Å². The maximum atomic E-state index is 12.0. The lowest BCUT2D eigenvalue weighted by Gasteiger charge is -2.07. The van der Waals surface area contributed by atoms with E-state index >= 15 is 0 Å². The van der Waals surface area contributed by atoms with Crippen molar-refractivity contribution in [3.05, 3.63) is 69.0 Å². The molecule has 3 nitrogen and oxygen atoms in total. The van der Waals surface area contributed by atoms with E-state index in [-0.39, 0.29) is 0 Å². The molecule has 0 radical (unpaired) electrons. The molecule has 0 aliphatic heterocycles. The average molecular weight is 342 g/mol. The maximum Gasteiger partial charge on any atom is 0.255 e. The second-order valence-electron chi connectivity index (χ2n) is 4.48. The molecular formula is C15H13Cl2NO2S. The molecule has 1 N–H and O–H groups in total. The van der Waals surface area contributed by atoms with Gasteiger partial charge in [-0.1, -0.05) is 41.4 Å². The third-order valence-electron chi connectivity index (χ3n) is 2.69. The third kappa shape index (κ3) is 4.77. The van der Waals surface area contributed by atoms with Crippen LogP contribution in [0.25, 0.3) is 6.08 Å². The van der Waals surface area contributed by atoms with Gasteiger partial charge in [0.25, 0.3) is 10.0 Å². The predicted molar refractivity (Wildman–Crippen MR) is 89.2 cm³/mol. The lowest BCUT2D eigenvalue weighted by Crippen LogP contribution is -2.09. The molecule has 0 bridgehead atoms. The van der Waals surface area contributed by atoms with Crippen molar-refractivity contribution in [3.63, 3.8) is 0 Å². The summed E-state index contributed by atoms with van der Waals surface area (Å²) in [5.41, 5.74) is 2.04. The van der Waals surface area contributed by atoms with Crippen LogP contribution in [0, 0.1) is 6.92 Å². The van der Waals surface area contributed by atoms with Crippen molar-refractivity contribution in [2.45, 2.75) is 6.92 Å². The second-order valence-corrected chi connectivity index (χ2v) is 6.89. The lowest BCUT2D eigenvalue weighted by molar-refractivity contribution is 0.609. The van der Waals surface area contributed by atoms with E-state index in [9.17, 15) is 8.42 Å². The summed E-state index contributed by atoms with van der Waals surface area (Å²) in [7, 11) is -3.63. The van der Waals surface area contributed by atoms with Crippen LogP contribution in [0.3, 0.4) is 0 Å². The van der Waals surface area contributed by atoms with Crippen molar-refractivity contribution in [3.8, 4) is 0 Å². The SMILES string of the molecule is Cc1ccc(NS(=O)(=O)C=Cc2ccc(Cl)cc2)c(Cl)c1. The minimum Gasteiger partial charge on any atom is -0.279 e. The first-order chi connectivity index (χ1) is 9.85. The highest BCUT2D eigenvalue weighted by atomic mass is 35.5. The molecule has 21 heavy (non-hydrogen) atoms. The number of benzene rings is 2. The predicted octanol–water partition coefficient (Wildman–Crippen LogP) is 4.71. The Kier molecular flexibility index (Phi) is 4.93. The van der Waals surface area contributed by atoms with Crippen LogP contribution in [0.4, 0.5) is 5.69 Å². The van der Waals surface area contributed by atoms with E-state index in [1.54, 1.807) is 42.5 Å². The monoisotopic (exact) mass is 341 g/mol. The van der Waals surface area contributed by atoms with Crippen molar-refractivity contribution in [1.82, 2.24) is 0 Å². The molecule has 0 aliphatic carbocycles. The van der Waals surface area contributed by atoms with Crippen molar-refractivity contribution < 1.29 is 8.42 Å². The van der Waals surface area contributed by atoms with Crippen molar-refractivity contribution >= 4 is 45.0 Å². The maximum absolute atomic E-state index is 12.0. The Hall–Kier alpha value is -1.49. The average Bonchev–Trinajstić information content (AvgIpc) is 2.41. The Bertz CT molecular complexity index is 769. The Morgan fingerprint density at radius 3 is 2.33 bits per heavy atom. The molecule has 0 fully saturated rings. The minimum absolute atomic E-state index is 0.350. The molecule has 0 saturated heterocycles. The van der Waals surface area contributed by atoms with Gasteiger partial charge in [0.15, 0.2) is 0 Å². The first kappa shape index (κ1) is 15.9. The molecule has 0 aromatic heterocycles. The zero-order chi connectivity index (χ0) is 15.5. The van der Waals surface area contributed by atoms with E-state index in [0.29, 0.717) is 15.7 Å². The molecule has 0 saturated carbocycles. The van der Waals surface area contributed by atoms with Crippen LogP contribution in [0.2, 0.25) is 10.0 Å². The summed E-state index contributed by atoms with van der Waals surface area (Å²) >= 11 is 11.8. The Labute approximate surface area is 134 Å². The zero-order valence-corrected chi connectivity index (χ0v) is 13.5. The van der Waals surface area contributed by atoms with Gasteiger partial charge in [0.2, 0.25) is 0 Å². The fourth-order valence-electron chi connectivity index (χ4n) is 1.63. The molecule has 2 rings (SSSR count). The second kappa shape index (κ2) is 6.52. The molecule has 0 spiro atoms. The van der Waals surface area contributed by atoms with Crippen LogP contribution < -0.4 is 4.72 Å². The van der Waals surface area contributed by atoms with Crippen LogP contribution >= 0.6 is 23.2 Å². The van der Waals surface area contributed by atoms with Crippen LogP contribution in [-0.4, -0.2) is 8.42 Å². The van der Waals surface area contributed by atoms with Gasteiger partial charge in [-0.3, -0.25) is 4.72 Å². The summed E-state index contributed by atoms with van der Waals surface area (Å²) in [6, 6.07) is 12.0. The smallest absolute Gasteiger partial charge is 0.255 e. The number of sulfonamides is 1. The van der Waals surface area contributed by atoms with E-state index in [0.717, 1.165) is 16.5 Å². The van der Waals surface area contributed by atoms with Gasteiger partial charge in [-0.15, -0.1) is 0 Å². The van der Waals surface area contributed by atoms with Crippen LogP contribution in [0.15, 0.2) is 47.9 Å². The molecule has 0 heterocycles. The van der Waals surface area contributed by atoms with E-state index in [1.165, 1.54) is 6.08 Å². The Morgan fingerprint density at radius 2 is 1.71 bits per heavy atom. The van der Waals surface area contributed by atoms with Crippen molar-refractivity contribution in [2.75, 3.05) is 4.72 Å². The molecule has 0 unspecified atom stereocenters. The fraction of sp³-hybridized carbons (Fsp3) is 0.0667. The first-order valence-electron chi connectivity index (χ1n) is 6.08. The summed E-state index contributed by atoms with van der Waals surface area (Å²) in [6.45, 7) is 1.88. The number of rotatable bonds is 4. The quantitative estimate of drug-likeness (QED) is 0.874. The van der Waals surface area contributed by atoms with Gasteiger partial charge in [0.1, 0.15) is 0 Å². The van der Waals surface area contributed by atoms with Gasteiger partial charge in [0.05, 0.1) is 16.1 Å². The standard InChI is InChI=1S/C15H13Cl2NO2S/c1-11-2-7-15(14(17)10-11)18-21(19,20)9-8-12-3-5-13(16)6-4-12/h2-10,18H,1H3. The number of hydrogen-bond donors (Lipinski definition) is 1. The van der Waals surface area contributed by atoms with E-state index in [2.05, 4.69) is 4.72 Å². The summed E-state index contributed by atoms with van der Waals surface area (Å²) in [4.78, 5) is 0. The van der Waals surface area contributed by atoms with Crippen LogP contribution in [-0.2, 0) is 10.0 Å². The summed E-state index contributed by atoms with van der Waals surface area (Å²) < 4.78 is 26.4. The Balaban J connectivity index is 2.16. The first-order valence-corrected chi connectivity index (χ1v) is 8.38. The molecule has 2 aromatic carbocycles. The Morgan fingerprint density at radius 1 is 1.05 bits per heavy atom. The number of anilines is 1. The van der Waals surface area contributed by atoms with Crippen LogP contribution in [0.1, 0.15) is 11.1 Å². The molecule has 0 atom stereocenters. The van der Waals surface area contributed by atoms with E-state index in [1.807, 2.05) is 6.92 Å². The number of halogens is 2. The molecule has 0 amide bonds. The lowest BCUT2D eigenvalue weighted by atomic mass is 10.2. The molecular weight excluding hydrogens is 329 g/mol. The van der Waals surface area contributed by atoms with Gasteiger partial charge in [0, 0.05) is 5.02 Å². The van der Waals surface area contributed by atoms with Crippen molar-refractivity contribution in [2.24, 2.45) is 0 Å². The van der Waals surface area contributed by atoms with Gasteiger partial charge < -0.3 is 0 Å². The number of hydrogen-bond acceptors (Lipinski definition) is 2. The summed E-state index contributed by atoms with van der Waals surface area (Å²) in [5.74, 6) is 0. The minimum atomic E-state index is -3.63. The van der Waals surface area contributed by atoms with Gasteiger partial charge >= 0.3 is 0 Å². The zero-order valence-electron chi connectivity index (χ0n) is 11.2. The number of nitrogens with one attached hydrogen (secondary N) is 1. The fourth-order valence-corrected chi connectivity index (χ4v) is 2.99. The number of aryl methyl sites for hydroxylation is 1. The molecule has 110 valence electrons. The molecule has 0 aliphatic rings. The van der Waals surface area contributed by atoms with Gasteiger partial charge in [-0.2, -0.15) is 0 Å². The van der Waals surface area contributed by atoms with Gasteiger partial charge in [-0.05, 0) is 48.4 Å². The summed E-state index contributed by atoms with van der Waals surface area (Å²) in [5, 5.41) is 2.05. The molecule has 6 heteroatoms.